The highest BCUT2D eigenvalue weighted by Crippen LogP contribution is 2.23. The van der Waals surface area contributed by atoms with Crippen molar-refractivity contribution in [2.45, 2.75) is 30.9 Å². The van der Waals surface area contributed by atoms with Crippen molar-refractivity contribution >= 4 is 0 Å². The van der Waals surface area contributed by atoms with Gasteiger partial charge in [0.2, 0.25) is 0 Å². The van der Waals surface area contributed by atoms with Gasteiger partial charge in [0.05, 0.1) is 24.9 Å². The van der Waals surface area contributed by atoms with Crippen LogP contribution in [-0.4, -0.2) is 39.1 Å². The van der Waals surface area contributed by atoms with E-state index in [1.54, 1.807) is 6.26 Å². The first-order valence-electron chi connectivity index (χ1n) is 9.30. The van der Waals surface area contributed by atoms with E-state index < -0.39 is 11.6 Å². The fraction of sp³-hybridized carbons (Fsp3) is 0.318. The Balaban J connectivity index is 1.57. The van der Waals surface area contributed by atoms with Gasteiger partial charge in [-0.2, -0.15) is 0 Å². The van der Waals surface area contributed by atoms with E-state index in [0.717, 1.165) is 23.2 Å². The van der Waals surface area contributed by atoms with E-state index in [-0.39, 0.29) is 19.6 Å². The second-order valence-corrected chi connectivity index (χ2v) is 7.13. The predicted octanol–water partition coefficient (Wildman–Crippen LogP) is 2.23. The summed E-state index contributed by atoms with van der Waals surface area (Å²) in [7, 11) is 0. The molecule has 6 nitrogen and oxygen atoms in total. The van der Waals surface area contributed by atoms with E-state index in [9.17, 15) is 15.3 Å². The van der Waals surface area contributed by atoms with Crippen molar-refractivity contribution in [2.75, 3.05) is 13.2 Å². The quantitative estimate of drug-likeness (QED) is 0.451. The molecule has 28 heavy (non-hydrogen) atoms. The van der Waals surface area contributed by atoms with E-state index in [1.165, 1.54) is 0 Å². The van der Waals surface area contributed by atoms with Crippen molar-refractivity contribution in [3.8, 4) is 11.3 Å². The summed E-state index contributed by atoms with van der Waals surface area (Å²) in [6, 6.07) is 17.4. The van der Waals surface area contributed by atoms with Crippen molar-refractivity contribution in [3.63, 3.8) is 0 Å². The minimum absolute atomic E-state index is 0.0813. The molecule has 6 heteroatoms. The van der Waals surface area contributed by atoms with Gasteiger partial charge in [-0.25, -0.2) is 4.98 Å². The number of hydrogen-bond acceptors (Lipinski definition) is 6. The highest BCUT2D eigenvalue weighted by atomic mass is 16.3. The maximum Gasteiger partial charge on any atom is 0.194 e. The molecule has 0 aliphatic carbocycles. The molecule has 1 unspecified atom stereocenters. The number of aliphatic hydroxyl groups is 3. The summed E-state index contributed by atoms with van der Waals surface area (Å²) < 4.78 is 5.57. The van der Waals surface area contributed by atoms with Crippen molar-refractivity contribution in [3.05, 3.63) is 77.9 Å². The monoisotopic (exact) mass is 382 g/mol. The second-order valence-electron chi connectivity index (χ2n) is 7.13. The molecule has 1 aromatic heterocycles. The largest absolute Gasteiger partial charge is 0.448 e. The van der Waals surface area contributed by atoms with Gasteiger partial charge in [0.15, 0.2) is 5.89 Å². The third-order valence-electron chi connectivity index (χ3n) is 4.84. The highest BCUT2D eigenvalue weighted by Gasteiger charge is 2.27. The number of aromatic nitrogens is 1. The number of oxazole rings is 1. The van der Waals surface area contributed by atoms with Crippen molar-refractivity contribution in [2.24, 2.45) is 5.73 Å². The van der Waals surface area contributed by atoms with E-state index in [2.05, 4.69) is 4.98 Å². The van der Waals surface area contributed by atoms with E-state index in [4.69, 9.17) is 10.2 Å². The van der Waals surface area contributed by atoms with Gasteiger partial charge < -0.3 is 25.5 Å². The van der Waals surface area contributed by atoms with Crippen LogP contribution in [0.2, 0.25) is 0 Å². The Labute approximate surface area is 164 Å². The van der Waals surface area contributed by atoms with Crippen LogP contribution in [0.5, 0.6) is 0 Å². The van der Waals surface area contributed by atoms with Crippen LogP contribution in [-0.2, 0) is 12.8 Å². The fourth-order valence-corrected chi connectivity index (χ4v) is 3.01. The summed E-state index contributed by atoms with van der Waals surface area (Å²) >= 11 is 0. The van der Waals surface area contributed by atoms with E-state index in [1.807, 2.05) is 54.6 Å². The molecule has 148 valence electrons. The Morgan fingerprint density at radius 3 is 2.29 bits per heavy atom. The van der Waals surface area contributed by atoms with Gasteiger partial charge in [-0.05, 0) is 24.0 Å². The Kier molecular flexibility index (Phi) is 6.59. The highest BCUT2D eigenvalue weighted by molar-refractivity contribution is 5.57. The molecule has 1 heterocycles. The Bertz CT molecular complexity index is 858. The maximum absolute atomic E-state index is 10.3. The zero-order valence-corrected chi connectivity index (χ0v) is 15.7. The minimum atomic E-state index is -1.19. The Hall–Kier alpha value is -2.51. The first-order chi connectivity index (χ1) is 13.5. The number of hydrogen-bond donors (Lipinski definition) is 4. The molecule has 0 aliphatic rings. The van der Waals surface area contributed by atoms with Crippen LogP contribution < -0.4 is 5.73 Å². The molecule has 0 radical (unpaired) electrons. The van der Waals surface area contributed by atoms with Crippen molar-refractivity contribution in [1.29, 1.82) is 0 Å². The second kappa shape index (κ2) is 9.12. The Morgan fingerprint density at radius 1 is 0.964 bits per heavy atom. The number of aryl methyl sites for hydroxylation is 2. The number of nitrogens with zero attached hydrogens (tertiary/aromatic N) is 1. The molecule has 0 saturated heterocycles. The number of rotatable bonds is 9. The van der Waals surface area contributed by atoms with E-state index >= 15 is 0 Å². The summed E-state index contributed by atoms with van der Waals surface area (Å²) in [5.41, 5.74) is 8.29. The summed E-state index contributed by atoms with van der Waals surface area (Å²) in [6.45, 7) is -0.778. The lowest BCUT2D eigenvalue weighted by Gasteiger charge is -2.27. The third kappa shape index (κ3) is 5.05. The lowest BCUT2D eigenvalue weighted by atomic mass is 9.91. The first-order valence-corrected chi connectivity index (χ1v) is 9.30. The van der Waals surface area contributed by atoms with Crippen LogP contribution in [0.25, 0.3) is 11.3 Å². The minimum Gasteiger partial charge on any atom is -0.448 e. The number of nitrogens with two attached hydrogens (primary N) is 1. The van der Waals surface area contributed by atoms with Crippen LogP contribution in [0.4, 0.5) is 0 Å². The molecule has 1 atom stereocenters. The normalized spacial score (nSPS) is 12.9. The summed E-state index contributed by atoms with van der Waals surface area (Å²) in [4.78, 5) is 4.53. The summed E-state index contributed by atoms with van der Waals surface area (Å²) in [5, 5.41) is 28.8. The topological polar surface area (TPSA) is 113 Å². The molecule has 3 rings (SSSR count). The molecule has 0 saturated carbocycles. The summed E-state index contributed by atoms with van der Waals surface area (Å²) in [5.74, 6) is 0.682. The fourth-order valence-electron chi connectivity index (χ4n) is 3.01. The van der Waals surface area contributed by atoms with Crippen LogP contribution >= 0.6 is 0 Å². The molecule has 2 aromatic carbocycles. The lowest BCUT2D eigenvalue weighted by molar-refractivity contribution is 0.0618. The van der Waals surface area contributed by atoms with Gasteiger partial charge in [-0.3, -0.25) is 0 Å². The molecule has 0 amide bonds. The zero-order valence-electron chi connectivity index (χ0n) is 15.7. The average molecular weight is 382 g/mol. The molecule has 0 aliphatic heterocycles. The van der Waals surface area contributed by atoms with Gasteiger partial charge in [-0.1, -0.05) is 54.6 Å². The lowest BCUT2D eigenvalue weighted by Crippen LogP contribution is -2.48. The van der Waals surface area contributed by atoms with Gasteiger partial charge >= 0.3 is 0 Å². The summed E-state index contributed by atoms with van der Waals surface area (Å²) in [6.07, 6.45) is 2.34. The van der Waals surface area contributed by atoms with Crippen LogP contribution in [0.3, 0.4) is 0 Å². The van der Waals surface area contributed by atoms with E-state index in [0.29, 0.717) is 17.9 Å². The molecule has 5 N–H and O–H groups in total. The molecule has 0 fully saturated rings. The van der Waals surface area contributed by atoms with Crippen LogP contribution in [0.1, 0.15) is 29.5 Å². The van der Waals surface area contributed by atoms with Crippen molar-refractivity contribution in [1.82, 2.24) is 4.98 Å². The molecule has 3 aromatic rings. The molecular weight excluding hydrogens is 356 g/mol. The first kappa shape index (κ1) is 20.2. The van der Waals surface area contributed by atoms with Crippen LogP contribution in [0, 0.1) is 0 Å². The van der Waals surface area contributed by atoms with Gasteiger partial charge in [-0.15, -0.1) is 0 Å². The zero-order chi connectivity index (χ0) is 20.0. The number of aliphatic hydroxyl groups excluding tert-OH is 3. The molecule has 0 bridgehead atoms. The molecule has 0 spiro atoms. The average Bonchev–Trinajstić information content (AvgIpc) is 3.22. The molecular formula is C22H26N2O4. The number of benzene rings is 2. The van der Waals surface area contributed by atoms with Gasteiger partial charge in [0.1, 0.15) is 12.0 Å². The SMILES string of the molecule is NC(CO)(CO)CC(O)c1ccc(CCc2nc(-c3ccccc3)co2)cc1. The smallest absolute Gasteiger partial charge is 0.194 e. The third-order valence-corrected chi connectivity index (χ3v) is 4.84. The van der Waals surface area contributed by atoms with Gasteiger partial charge in [0.25, 0.3) is 0 Å². The standard InChI is InChI=1S/C22H26N2O4/c23-22(14-25,15-26)12-20(27)18-9-6-16(7-10-18)8-11-21-24-19(13-28-21)17-4-2-1-3-5-17/h1-7,9-10,13,20,25-27H,8,11-12,14-15,23H2. The van der Waals surface area contributed by atoms with Gasteiger partial charge in [0, 0.05) is 12.0 Å². The predicted molar refractivity (Wildman–Crippen MR) is 106 cm³/mol. The maximum atomic E-state index is 10.3. The van der Waals surface area contributed by atoms with Crippen LogP contribution in [0.15, 0.2) is 65.3 Å². The Morgan fingerprint density at radius 2 is 1.64 bits per heavy atom. The van der Waals surface area contributed by atoms with Crippen molar-refractivity contribution < 1.29 is 19.7 Å².